The van der Waals surface area contributed by atoms with Crippen LogP contribution in [-0.2, 0) is 4.79 Å². The number of hydrogen-bond donors (Lipinski definition) is 0. The van der Waals surface area contributed by atoms with Crippen molar-refractivity contribution in [3.05, 3.63) is 53.6 Å². The molecule has 2 aromatic carbocycles. The molecule has 0 aliphatic carbocycles. The highest BCUT2D eigenvalue weighted by molar-refractivity contribution is 5.84. The van der Waals surface area contributed by atoms with E-state index in [0.717, 1.165) is 11.1 Å². The molecule has 25 heavy (non-hydrogen) atoms. The number of ketones is 1. The highest BCUT2D eigenvalue weighted by Gasteiger charge is 2.39. The molecule has 0 aliphatic heterocycles. The number of hydrogen-bond acceptors (Lipinski definition) is 4. The number of carbonyl (C=O) groups is 1. The highest BCUT2D eigenvalue weighted by Crippen LogP contribution is 2.49. The normalized spacial score (nSPS) is 12.4. The minimum atomic E-state index is -0.642. The molecule has 4 nitrogen and oxygen atoms in total. The van der Waals surface area contributed by atoms with E-state index in [1.54, 1.807) is 28.3 Å². The van der Waals surface area contributed by atoms with Crippen LogP contribution in [-0.4, -0.2) is 27.1 Å². The molecule has 0 spiro atoms. The fourth-order valence-electron chi connectivity index (χ4n) is 3.11. The van der Waals surface area contributed by atoms with Crippen LogP contribution in [0.15, 0.2) is 42.5 Å². The summed E-state index contributed by atoms with van der Waals surface area (Å²) in [6.45, 7) is 5.53. The number of Topliss-reactive ketones (excluding diaryl/α,β-unsaturated/α-hetero) is 1. The van der Waals surface area contributed by atoms with Gasteiger partial charge in [-0.3, -0.25) is 4.79 Å². The molecule has 0 bridgehead atoms. The molecule has 0 fully saturated rings. The van der Waals surface area contributed by atoms with Gasteiger partial charge in [0, 0.05) is 29.0 Å². The molecule has 0 aromatic heterocycles. The van der Waals surface area contributed by atoms with Crippen molar-refractivity contribution >= 4 is 5.78 Å². The first-order valence-corrected chi connectivity index (χ1v) is 8.22. The quantitative estimate of drug-likeness (QED) is 0.745. The zero-order valence-corrected chi connectivity index (χ0v) is 15.8. The van der Waals surface area contributed by atoms with Gasteiger partial charge in [0.05, 0.1) is 21.3 Å². The van der Waals surface area contributed by atoms with Crippen molar-refractivity contribution in [2.24, 2.45) is 5.41 Å². The summed E-state index contributed by atoms with van der Waals surface area (Å²) < 4.78 is 16.6. The van der Waals surface area contributed by atoms with Gasteiger partial charge in [0.15, 0.2) is 0 Å². The maximum atomic E-state index is 12.5. The Morgan fingerprint density at radius 2 is 1.44 bits per heavy atom. The maximum absolute atomic E-state index is 12.5. The van der Waals surface area contributed by atoms with E-state index in [-0.39, 0.29) is 11.7 Å². The van der Waals surface area contributed by atoms with Crippen molar-refractivity contribution < 1.29 is 19.0 Å². The summed E-state index contributed by atoms with van der Waals surface area (Å²) in [5.41, 5.74) is 1.23. The Morgan fingerprint density at radius 3 is 1.84 bits per heavy atom. The summed E-state index contributed by atoms with van der Waals surface area (Å²) in [5, 5.41) is 0. The van der Waals surface area contributed by atoms with Gasteiger partial charge in [0.25, 0.3) is 0 Å². The first-order chi connectivity index (χ1) is 11.9. The molecular weight excluding hydrogens is 316 g/mol. The summed E-state index contributed by atoms with van der Waals surface area (Å²) >= 11 is 0. The maximum Gasteiger partial charge on any atom is 0.136 e. The van der Waals surface area contributed by atoms with Gasteiger partial charge < -0.3 is 14.2 Å². The van der Waals surface area contributed by atoms with Crippen LogP contribution >= 0.6 is 0 Å². The molecule has 0 radical (unpaired) electrons. The largest absolute Gasteiger partial charge is 0.496 e. The van der Waals surface area contributed by atoms with E-state index in [9.17, 15) is 4.79 Å². The van der Waals surface area contributed by atoms with Crippen LogP contribution in [0.2, 0.25) is 0 Å². The molecule has 4 heteroatoms. The lowest BCUT2D eigenvalue weighted by molar-refractivity contribution is -0.125. The number of methoxy groups -OCH3 is 3. The topological polar surface area (TPSA) is 44.8 Å². The lowest BCUT2D eigenvalue weighted by Gasteiger charge is -2.34. The van der Waals surface area contributed by atoms with Crippen molar-refractivity contribution in [3.63, 3.8) is 0 Å². The van der Waals surface area contributed by atoms with E-state index in [0.29, 0.717) is 17.2 Å². The predicted octanol–water partition coefficient (Wildman–Crippen LogP) is 4.46. The Kier molecular flexibility index (Phi) is 5.73. The number of ether oxygens (including phenoxy) is 3. The molecule has 1 unspecified atom stereocenters. The second kappa shape index (κ2) is 7.60. The van der Waals surface area contributed by atoms with E-state index >= 15 is 0 Å². The van der Waals surface area contributed by atoms with Crippen LogP contribution in [0.1, 0.15) is 37.8 Å². The fraction of sp³-hybridized carbons (Fsp3) is 0.381. The van der Waals surface area contributed by atoms with Gasteiger partial charge >= 0.3 is 0 Å². The predicted molar refractivity (Wildman–Crippen MR) is 98.8 cm³/mol. The Balaban J connectivity index is 2.81. The van der Waals surface area contributed by atoms with E-state index in [2.05, 4.69) is 0 Å². The summed E-state index contributed by atoms with van der Waals surface area (Å²) in [5.74, 6) is 1.80. The Hall–Kier alpha value is -2.49. The van der Waals surface area contributed by atoms with Crippen LogP contribution < -0.4 is 14.2 Å². The summed E-state index contributed by atoms with van der Waals surface area (Å²) in [6, 6.07) is 13.6. The highest BCUT2D eigenvalue weighted by atomic mass is 16.5. The zero-order chi connectivity index (χ0) is 18.6. The van der Waals surface area contributed by atoms with Gasteiger partial charge in [-0.05, 0) is 12.5 Å². The Morgan fingerprint density at radius 1 is 0.920 bits per heavy atom. The number of benzene rings is 2. The third-order valence-electron chi connectivity index (χ3n) is 4.80. The van der Waals surface area contributed by atoms with Crippen molar-refractivity contribution in [1.82, 2.24) is 0 Å². The molecule has 0 saturated heterocycles. The molecule has 0 aliphatic rings. The fourth-order valence-corrected chi connectivity index (χ4v) is 3.11. The van der Waals surface area contributed by atoms with Gasteiger partial charge in [-0.25, -0.2) is 0 Å². The molecule has 134 valence electrons. The summed E-state index contributed by atoms with van der Waals surface area (Å²) in [6.07, 6.45) is 0. The van der Waals surface area contributed by atoms with Gasteiger partial charge in [0.2, 0.25) is 0 Å². The first kappa shape index (κ1) is 18.8. The van der Waals surface area contributed by atoms with Gasteiger partial charge in [-0.1, -0.05) is 44.2 Å². The van der Waals surface area contributed by atoms with Gasteiger partial charge in [-0.15, -0.1) is 0 Å². The molecule has 1 atom stereocenters. The first-order valence-electron chi connectivity index (χ1n) is 8.22. The minimum absolute atomic E-state index is 0.0984. The lowest BCUT2D eigenvalue weighted by Crippen LogP contribution is -2.31. The molecule has 0 heterocycles. The average molecular weight is 342 g/mol. The van der Waals surface area contributed by atoms with Crippen molar-refractivity contribution in [3.8, 4) is 17.2 Å². The number of rotatable bonds is 7. The molecule has 0 saturated carbocycles. The van der Waals surface area contributed by atoms with Crippen LogP contribution in [0, 0.1) is 5.41 Å². The van der Waals surface area contributed by atoms with Crippen LogP contribution in [0.25, 0.3) is 0 Å². The van der Waals surface area contributed by atoms with Gasteiger partial charge in [-0.2, -0.15) is 0 Å². The average Bonchev–Trinajstić information content (AvgIpc) is 2.62. The summed E-state index contributed by atoms with van der Waals surface area (Å²) in [7, 11) is 4.82. The molecular formula is C21H26O4. The zero-order valence-electron chi connectivity index (χ0n) is 15.8. The Labute approximate surface area is 149 Å². The lowest BCUT2D eigenvalue weighted by atomic mass is 9.68. The van der Waals surface area contributed by atoms with Crippen LogP contribution in [0.3, 0.4) is 0 Å². The van der Waals surface area contributed by atoms with E-state index < -0.39 is 5.41 Å². The Bertz CT molecular complexity index is 710. The standard InChI is InChI=1S/C21H26O4/c1-14(22)21(2,3)20(15-10-8-7-9-11-15)19-17(24-5)12-16(23-4)13-18(19)25-6/h7-13,20H,1-6H3. The second-order valence-electron chi connectivity index (χ2n) is 6.57. The molecule has 0 amide bonds. The SMILES string of the molecule is COc1cc(OC)c(C(c2ccccc2)C(C)(C)C(C)=O)c(OC)c1. The third kappa shape index (κ3) is 3.63. The minimum Gasteiger partial charge on any atom is -0.496 e. The van der Waals surface area contributed by atoms with Crippen molar-refractivity contribution in [2.75, 3.05) is 21.3 Å². The second-order valence-corrected chi connectivity index (χ2v) is 6.57. The monoisotopic (exact) mass is 342 g/mol. The van der Waals surface area contributed by atoms with Gasteiger partial charge in [0.1, 0.15) is 23.0 Å². The van der Waals surface area contributed by atoms with Crippen molar-refractivity contribution in [2.45, 2.75) is 26.7 Å². The molecule has 2 rings (SSSR count). The van der Waals surface area contributed by atoms with E-state index in [1.807, 2.05) is 56.3 Å². The molecule has 0 N–H and O–H groups in total. The smallest absolute Gasteiger partial charge is 0.136 e. The third-order valence-corrected chi connectivity index (χ3v) is 4.80. The van der Waals surface area contributed by atoms with E-state index in [1.165, 1.54) is 0 Å². The van der Waals surface area contributed by atoms with Crippen LogP contribution in [0.4, 0.5) is 0 Å². The number of carbonyl (C=O) groups excluding carboxylic acids is 1. The van der Waals surface area contributed by atoms with Crippen molar-refractivity contribution in [1.29, 1.82) is 0 Å². The van der Waals surface area contributed by atoms with Crippen LogP contribution in [0.5, 0.6) is 17.2 Å². The van der Waals surface area contributed by atoms with E-state index in [4.69, 9.17) is 14.2 Å². The summed E-state index contributed by atoms with van der Waals surface area (Å²) in [4.78, 5) is 12.5. The molecule has 2 aromatic rings.